The van der Waals surface area contributed by atoms with E-state index in [0.717, 1.165) is 0 Å². The van der Waals surface area contributed by atoms with E-state index in [9.17, 15) is 30.0 Å². The van der Waals surface area contributed by atoms with Gasteiger partial charge in [-0.3, -0.25) is 0 Å². The van der Waals surface area contributed by atoms with Crippen LogP contribution >= 0.6 is 0 Å². The van der Waals surface area contributed by atoms with Gasteiger partial charge in [0.1, 0.15) is 31.0 Å². The third-order valence-electron chi connectivity index (χ3n) is 4.98. The van der Waals surface area contributed by atoms with Gasteiger partial charge in [-0.15, -0.1) is 0 Å². The van der Waals surface area contributed by atoms with Gasteiger partial charge in [0.05, 0.1) is 5.56 Å². The van der Waals surface area contributed by atoms with Crippen LogP contribution in [0.15, 0.2) is 60.7 Å². The number of esters is 2. The zero-order chi connectivity index (χ0) is 23.7. The Balaban J connectivity index is 1.95. The highest BCUT2D eigenvalue weighted by Crippen LogP contribution is 2.22. The smallest absolute Gasteiger partial charge is 0.338 e. The van der Waals surface area contributed by atoms with Gasteiger partial charge in [0.15, 0.2) is 6.10 Å². The number of aliphatic hydroxyl groups excluding tert-OH is 4. The zero-order valence-electron chi connectivity index (χ0n) is 17.9. The van der Waals surface area contributed by atoms with Crippen molar-refractivity contribution in [3.8, 4) is 0 Å². The molecule has 2 aromatic rings. The van der Waals surface area contributed by atoms with Crippen LogP contribution in [-0.2, 0) is 14.3 Å². The summed E-state index contributed by atoms with van der Waals surface area (Å²) in [5, 5.41) is 43.5. The van der Waals surface area contributed by atoms with Gasteiger partial charge in [-0.05, 0) is 31.7 Å². The monoisotopic (exact) mass is 447 g/mol. The molecule has 0 saturated carbocycles. The van der Waals surface area contributed by atoms with Crippen molar-refractivity contribution in [1.82, 2.24) is 5.32 Å². The first-order chi connectivity index (χ1) is 15.3. The number of rotatable bonds is 11. The molecular weight excluding hydrogens is 418 g/mol. The molecule has 0 amide bonds. The molecule has 5 N–H and O–H groups in total. The number of hydrogen-bond acceptors (Lipinski definition) is 9. The molecular formula is C23H29NO8. The first-order valence-electron chi connectivity index (χ1n) is 10.1. The fourth-order valence-corrected chi connectivity index (χ4v) is 2.92. The summed E-state index contributed by atoms with van der Waals surface area (Å²) < 4.78 is 10.3. The maximum absolute atomic E-state index is 12.4. The zero-order valence-corrected chi connectivity index (χ0v) is 17.9. The van der Waals surface area contributed by atoms with Crippen LogP contribution < -0.4 is 5.32 Å². The van der Waals surface area contributed by atoms with Crippen LogP contribution in [-0.4, -0.2) is 76.5 Å². The van der Waals surface area contributed by atoms with Gasteiger partial charge in [0.2, 0.25) is 0 Å². The van der Waals surface area contributed by atoms with Crippen LogP contribution in [0.4, 0.5) is 0 Å². The molecule has 0 bridgehead atoms. The highest BCUT2D eigenvalue weighted by molar-refractivity contribution is 5.89. The predicted octanol–water partition coefficient (Wildman–Crippen LogP) is 0.179. The van der Waals surface area contributed by atoms with Crippen molar-refractivity contribution in [2.75, 3.05) is 13.7 Å². The summed E-state index contributed by atoms with van der Waals surface area (Å²) in [6.45, 7) is 1.12. The molecule has 9 nitrogen and oxygen atoms in total. The first kappa shape index (κ1) is 25.4. The second-order valence-corrected chi connectivity index (χ2v) is 7.30. The van der Waals surface area contributed by atoms with Crippen LogP contribution in [0.25, 0.3) is 0 Å². The average molecular weight is 447 g/mol. The van der Waals surface area contributed by atoms with Gasteiger partial charge in [-0.2, -0.15) is 0 Å². The molecule has 5 unspecified atom stereocenters. The van der Waals surface area contributed by atoms with Gasteiger partial charge in [0.25, 0.3) is 0 Å². The number of ether oxygens (including phenoxy) is 2. The average Bonchev–Trinajstić information content (AvgIpc) is 2.84. The van der Waals surface area contributed by atoms with Crippen molar-refractivity contribution in [2.24, 2.45) is 0 Å². The van der Waals surface area contributed by atoms with E-state index in [2.05, 4.69) is 5.32 Å². The molecule has 0 fully saturated rings. The van der Waals surface area contributed by atoms with Gasteiger partial charge >= 0.3 is 11.9 Å². The molecule has 0 aromatic heterocycles. The van der Waals surface area contributed by atoms with E-state index in [1.54, 1.807) is 62.5 Å². The van der Waals surface area contributed by atoms with Crippen LogP contribution in [0.5, 0.6) is 0 Å². The van der Waals surface area contributed by atoms with Gasteiger partial charge in [0, 0.05) is 6.04 Å². The summed E-state index contributed by atoms with van der Waals surface area (Å²) in [6, 6.07) is 16.5. The number of carbonyl (C=O) groups is 2. The van der Waals surface area contributed by atoms with Gasteiger partial charge in [-0.1, -0.05) is 48.5 Å². The molecule has 0 aliphatic carbocycles. The van der Waals surface area contributed by atoms with Crippen LogP contribution in [0.3, 0.4) is 0 Å². The maximum atomic E-state index is 12.4. The molecule has 2 aromatic carbocycles. The highest BCUT2D eigenvalue weighted by atomic mass is 16.6. The topological polar surface area (TPSA) is 146 Å². The summed E-state index contributed by atoms with van der Waals surface area (Å²) in [6.07, 6.45) is -8.71. The van der Waals surface area contributed by atoms with Crippen LogP contribution in [0, 0.1) is 0 Å². The maximum Gasteiger partial charge on any atom is 0.338 e. The number of nitrogens with one attached hydrogen (secondary N) is 1. The molecule has 0 heterocycles. The molecule has 0 aliphatic heterocycles. The Morgan fingerprint density at radius 2 is 1.47 bits per heavy atom. The van der Waals surface area contributed by atoms with Gasteiger partial charge in [-0.25, -0.2) is 9.59 Å². The minimum atomic E-state index is -2.14. The first-order valence-corrected chi connectivity index (χ1v) is 10.1. The van der Waals surface area contributed by atoms with E-state index in [1.807, 2.05) is 0 Å². The van der Waals surface area contributed by atoms with Crippen molar-refractivity contribution < 1.29 is 39.5 Å². The van der Waals surface area contributed by atoms with Crippen LogP contribution in [0.2, 0.25) is 0 Å². The second kappa shape index (κ2) is 12.3. The molecule has 174 valence electrons. The molecule has 0 radical (unpaired) electrons. The lowest BCUT2D eigenvalue weighted by atomic mass is 10.0. The van der Waals surface area contributed by atoms with E-state index < -0.39 is 49.1 Å². The van der Waals surface area contributed by atoms with Crippen LogP contribution in [0.1, 0.15) is 28.9 Å². The molecule has 0 aliphatic rings. The fraction of sp³-hybridized carbons (Fsp3) is 0.391. The van der Waals surface area contributed by atoms with Crippen molar-refractivity contribution in [3.05, 3.63) is 71.8 Å². The fourth-order valence-electron chi connectivity index (χ4n) is 2.92. The van der Waals surface area contributed by atoms with Crippen molar-refractivity contribution >= 4 is 11.9 Å². The minimum absolute atomic E-state index is 0.240. The number of carbonyl (C=O) groups excluding carboxylic acids is 2. The van der Waals surface area contributed by atoms with Crippen molar-refractivity contribution in [2.45, 2.75) is 43.5 Å². The Morgan fingerprint density at radius 3 is 2.03 bits per heavy atom. The Bertz CT molecular complexity index is 848. The highest BCUT2D eigenvalue weighted by Gasteiger charge is 2.37. The van der Waals surface area contributed by atoms with Crippen molar-refractivity contribution in [1.29, 1.82) is 0 Å². The third kappa shape index (κ3) is 6.84. The molecule has 32 heavy (non-hydrogen) atoms. The SMILES string of the molecule is CN[C@@H](C)C(OC(=O)C(O)C(O)C(O)C(O)COC(=O)c1ccccc1)c1ccccc1. The summed E-state index contributed by atoms with van der Waals surface area (Å²) >= 11 is 0. The molecule has 9 heteroatoms. The molecule has 2 rings (SSSR count). The number of hydrogen-bond donors (Lipinski definition) is 5. The third-order valence-corrected chi connectivity index (χ3v) is 4.98. The predicted molar refractivity (Wildman–Crippen MR) is 115 cm³/mol. The van der Waals surface area contributed by atoms with E-state index in [0.29, 0.717) is 5.56 Å². The van der Waals surface area contributed by atoms with E-state index in [4.69, 9.17) is 9.47 Å². The second-order valence-electron chi connectivity index (χ2n) is 7.30. The lowest BCUT2D eigenvalue weighted by Gasteiger charge is -2.28. The van der Waals surface area contributed by atoms with Crippen molar-refractivity contribution in [3.63, 3.8) is 0 Å². The summed E-state index contributed by atoms with van der Waals surface area (Å²) in [7, 11) is 1.68. The summed E-state index contributed by atoms with van der Waals surface area (Å²) in [5.74, 6) is -1.92. The Hall–Kier alpha value is -2.82. The van der Waals surface area contributed by atoms with Gasteiger partial charge < -0.3 is 35.2 Å². The Morgan fingerprint density at radius 1 is 0.906 bits per heavy atom. The number of likely N-dealkylation sites (N-methyl/N-ethyl adjacent to an activating group) is 1. The Kier molecular flexibility index (Phi) is 9.76. The largest absolute Gasteiger partial charge is 0.459 e. The minimum Gasteiger partial charge on any atom is -0.459 e. The van der Waals surface area contributed by atoms with E-state index in [-0.39, 0.29) is 11.6 Å². The summed E-state index contributed by atoms with van der Waals surface area (Å²) in [4.78, 5) is 24.4. The lowest BCUT2D eigenvalue weighted by molar-refractivity contribution is -0.176. The number of aliphatic hydroxyl groups is 4. The quantitative estimate of drug-likeness (QED) is 0.305. The van der Waals surface area contributed by atoms with E-state index in [1.165, 1.54) is 12.1 Å². The molecule has 6 atom stereocenters. The van der Waals surface area contributed by atoms with E-state index >= 15 is 0 Å². The Labute approximate surface area is 186 Å². The normalized spacial score (nSPS) is 16.8. The molecule has 0 saturated heterocycles. The lowest BCUT2D eigenvalue weighted by Crippen LogP contribution is -2.50. The molecule has 0 spiro atoms. The standard InChI is InChI=1S/C23H29NO8/c1-14(24-2)21(15-9-5-3-6-10-15)32-23(30)20(28)19(27)18(26)17(25)13-31-22(29)16-11-7-4-8-12-16/h3-12,14,17-21,24-28H,13H2,1-2H3/t14-,17?,18?,19?,20?,21?/m0/s1. The number of benzene rings is 2. The summed E-state index contributed by atoms with van der Waals surface area (Å²) in [5.41, 5.74) is 0.904.